The molecule has 0 spiro atoms. The number of rotatable bonds is 2. The molecule has 110 valence electrons. The molecule has 0 aromatic heterocycles. The van der Waals surface area contributed by atoms with Crippen LogP contribution in [-0.2, 0) is 0 Å². The molecule has 2 nitrogen and oxygen atoms in total. The van der Waals surface area contributed by atoms with Crippen molar-refractivity contribution in [1.82, 2.24) is 4.90 Å². The summed E-state index contributed by atoms with van der Waals surface area (Å²) in [4.78, 5) is 4.55. The van der Waals surface area contributed by atoms with E-state index in [9.17, 15) is 4.39 Å². The first-order chi connectivity index (χ1) is 9.15. The second kappa shape index (κ2) is 5.69. The van der Waals surface area contributed by atoms with E-state index in [1.807, 2.05) is 4.90 Å². The number of alkyl halides is 1. The van der Waals surface area contributed by atoms with E-state index in [0.717, 1.165) is 49.7 Å². The lowest BCUT2D eigenvalue weighted by molar-refractivity contribution is -0.946. The average molecular weight is 269 g/mol. The lowest BCUT2D eigenvalue weighted by Crippen LogP contribution is -3.19. The molecule has 1 saturated carbocycles. The minimum absolute atomic E-state index is 0.507. The molecule has 4 unspecified atom stereocenters. The van der Waals surface area contributed by atoms with Gasteiger partial charge in [-0.15, -0.1) is 0 Å². The van der Waals surface area contributed by atoms with Crippen LogP contribution in [-0.4, -0.2) is 42.9 Å². The zero-order valence-electron chi connectivity index (χ0n) is 12.6. The predicted octanol–water partition coefficient (Wildman–Crippen LogP) is 1.86. The van der Waals surface area contributed by atoms with Gasteiger partial charge < -0.3 is 4.90 Å². The molecule has 2 aliphatic heterocycles. The highest BCUT2D eigenvalue weighted by molar-refractivity contribution is 4.82. The van der Waals surface area contributed by atoms with Gasteiger partial charge in [-0.05, 0) is 45.4 Å². The van der Waals surface area contributed by atoms with Crippen LogP contribution < -0.4 is 4.90 Å². The fourth-order valence-corrected chi connectivity index (χ4v) is 4.82. The number of nitrogens with zero attached hydrogens (tertiary/aromatic N) is 1. The highest BCUT2D eigenvalue weighted by atomic mass is 19.1. The van der Waals surface area contributed by atoms with Gasteiger partial charge in [0.05, 0.1) is 19.1 Å². The number of halogens is 1. The number of quaternary nitrogens is 1. The first-order valence-corrected chi connectivity index (χ1v) is 8.39. The summed E-state index contributed by atoms with van der Waals surface area (Å²) in [7, 11) is 0. The van der Waals surface area contributed by atoms with Crippen molar-refractivity contribution in [1.29, 1.82) is 0 Å². The molecule has 4 atom stereocenters. The van der Waals surface area contributed by atoms with Crippen molar-refractivity contribution in [2.75, 3.05) is 19.6 Å². The molecule has 2 heterocycles. The van der Waals surface area contributed by atoms with E-state index in [1.165, 1.54) is 32.5 Å². The van der Waals surface area contributed by atoms with Gasteiger partial charge in [0.2, 0.25) is 0 Å². The molecule has 0 aromatic carbocycles. The Morgan fingerprint density at radius 1 is 1.11 bits per heavy atom. The van der Waals surface area contributed by atoms with Gasteiger partial charge in [0, 0.05) is 18.4 Å². The van der Waals surface area contributed by atoms with Gasteiger partial charge in [0.1, 0.15) is 12.3 Å². The van der Waals surface area contributed by atoms with E-state index in [0.29, 0.717) is 0 Å². The molecule has 3 aliphatic rings. The molecule has 3 rings (SSSR count). The Bertz CT molecular complexity index is 301. The van der Waals surface area contributed by atoms with Gasteiger partial charge in [-0.3, -0.25) is 0 Å². The highest BCUT2D eigenvalue weighted by Crippen LogP contribution is 2.27. The Morgan fingerprint density at radius 3 is 2.58 bits per heavy atom. The Balaban J connectivity index is 1.62. The van der Waals surface area contributed by atoms with Gasteiger partial charge in [0.25, 0.3) is 0 Å². The van der Waals surface area contributed by atoms with Crippen molar-refractivity contribution in [2.24, 2.45) is 11.8 Å². The Morgan fingerprint density at radius 2 is 1.84 bits per heavy atom. The lowest BCUT2D eigenvalue weighted by atomic mass is 9.87. The van der Waals surface area contributed by atoms with E-state index in [2.05, 4.69) is 18.7 Å². The summed E-state index contributed by atoms with van der Waals surface area (Å²) in [6, 6.07) is 0.772. The molecule has 0 aromatic rings. The predicted molar refractivity (Wildman–Crippen MR) is 75.9 cm³/mol. The first-order valence-electron chi connectivity index (χ1n) is 8.39. The van der Waals surface area contributed by atoms with Crippen LogP contribution in [0.2, 0.25) is 0 Å². The van der Waals surface area contributed by atoms with Crippen LogP contribution in [0.25, 0.3) is 0 Å². The average Bonchev–Trinajstić information content (AvgIpc) is 2.70. The molecule has 0 amide bonds. The van der Waals surface area contributed by atoms with Crippen LogP contribution in [0.5, 0.6) is 0 Å². The second-order valence-electron chi connectivity index (χ2n) is 7.36. The van der Waals surface area contributed by atoms with Gasteiger partial charge >= 0.3 is 0 Å². The maximum absolute atomic E-state index is 13.3. The molecule has 3 heteroatoms. The van der Waals surface area contributed by atoms with E-state index in [4.69, 9.17) is 0 Å². The summed E-state index contributed by atoms with van der Waals surface area (Å²) in [6.07, 6.45) is 6.90. The minimum Gasteiger partial charge on any atom is -0.316 e. The van der Waals surface area contributed by atoms with Crippen molar-refractivity contribution in [2.45, 2.75) is 70.8 Å². The van der Waals surface area contributed by atoms with Crippen molar-refractivity contribution < 1.29 is 9.29 Å². The number of hydrogen-bond acceptors (Lipinski definition) is 1. The summed E-state index contributed by atoms with van der Waals surface area (Å²) >= 11 is 0. The van der Waals surface area contributed by atoms with Gasteiger partial charge in [0.15, 0.2) is 0 Å². The first kappa shape index (κ1) is 13.8. The molecular formula is C16H30FN2+. The van der Waals surface area contributed by atoms with Gasteiger partial charge in [-0.1, -0.05) is 6.92 Å². The van der Waals surface area contributed by atoms with Crippen molar-refractivity contribution in [3.05, 3.63) is 0 Å². The van der Waals surface area contributed by atoms with E-state index in [1.54, 1.807) is 0 Å². The van der Waals surface area contributed by atoms with Crippen LogP contribution in [0.1, 0.15) is 52.4 Å². The molecule has 0 bridgehead atoms. The zero-order valence-corrected chi connectivity index (χ0v) is 12.6. The molecule has 3 fully saturated rings. The largest absolute Gasteiger partial charge is 0.316 e. The standard InChI is InChI=1S/C16H29FN2/c1-12-4-3-9-18-10-13(2)19(16(12)18)11-14-5-7-15(17)8-6-14/h12-16H,3-11H2,1-2H3/p+1. The maximum Gasteiger partial charge on any atom is 0.146 e. The molecule has 2 saturated heterocycles. The van der Waals surface area contributed by atoms with Crippen LogP contribution >= 0.6 is 0 Å². The van der Waals surface area contributed by atoms with Crippen LogP contribution in [0.3, 0.4) is 0 Å². The van der Waals surface area contributed by atoms with Crippen LogP contribution in [0.4, 0.5) is 4.39 Å². The third kappa shape index (κ3) is 2.82. The monoisotopic (exact) mass is 269 g/mol. The normalized spacial score (nSPS) is 48.2. The summed E-state index contributed by atoms with van der Waals surface area (Å²) in [6.45, 7) is 8.73. The number of nitrogens with one attached hydrogen (secondary N) is 1. The number of hydrogen-bond donors (Lipinski definition) is 1. The molecule has 1 aliphatic carbocycles. The van der Waals surface area contributed by atoms with Crippen LogP contribution in [0.15, 0.2) is 0 Å². The Kier molecular flexibility index (Phi) is 4.14. The Labute approximate surface area is 117 Å². The third-order valence-corrected chi connectivity index (χ3v) is 5.86. The highest BCUT2D eigenvalue weighted by Gasteiger charge is 2.46. The van der Waals surface area contributed by atoms with E-state index < -0.39 is 6.17 Å². The summed E-state index contributed by atoms with van der Waals surface area (Å²) in [5.74, 6) is 1.62. The molecule has 0 radical (unpaired) electrons. The molecule has 19 heavy (non-hydrogen) atoms. The van der Waals surface area contributed by atoms with Crippen molar-refractivity contribution >= 4 is 0 Å². The van der Waals surface area contributed by atoms with Gasteiger partial charge in [-0.2, -0.15) is 0 Å². The lowest BCUT2D eigenvalue weighted by Gasteiger charge is -2.38. The van der Waals surface area contributed by atoms with Crippen molar-refractivity contribution in [3.63, 3.8) is 0 Å². The smallest absolute Gasteiger partial charge is 0.146 e. The third-order valence-electron chi connectivity index (χ3n) is 5.86. The van der Waals surface area contributed by atoms with Gasteiger partial charge in [-0.25, -0.2) is 9.29 Å². The fourth-order valence-electron chi connectivity index (χ4n) is 4.82. The summed E-state index contributed by atoms with van der Waals surface area (Å²) in [5, 5.41) is 0. The quantitative estimate of drug-likeness (QED) is 0.804. The zero-order chi connectivity index (χ0) is 13.4. The Hall–Kier alpha value is -0.150. The molecular weight excluding hydrogens is 239 g/mol. The minimum atomic E-state index is -0.507. The summed E-state index contributed by atoms with van der Waals surface area (Å²) < 4.78 is 13.3. The van der Waals surface area contributed by atoms with E-state index >= 15 is 0 Å². The fraction of sp³-hybridized carbons (Fsp3) is 1.00. The van der Waals surface area contributed by atoms with Crippen LogP contribution in [0, 0.1) is 11.8 Å². The maximum atomic E-state index is 13.3. The molecule has 1 N–H and O–H groups in total. The number of piperidine rings is 1. The SMILES string of the molecule is CC1CCCN2CC(C)[NH+](CC3CCC(F)CC3)C12. The topological polar surface area (TPSA) is 7.68 Å². The van der Waals surface area contributed by atoms with E-state index in [-0.39, 0.29) is 0 Å². The number of fused-ring (bicyclic) bond motifs is 1. The second-order valence-corrected chi connectivity index (χ2v) is 7.36. The summed E-state index contributed by atoms with van der Waals surface area (Å²) in [5.41, 5.74) is 0. The van der Waals surface area contributed by atoms with Crippen molar-refractivity contribution in [3.8, 4) is 0 Å².